The van der Waals surface area contributed by atoms with Crippen molar-refractivity contribution in [2.45, 2.75) is 10.8 Å². The first-order valence-corrected chi connectivity index (χ1v) is 7.55. The second-order valence-electron chi connectivity index (χ2n) is 4.36. The van der Waals surface area contributed by atoms with Gasteiger partial charge in [0.1, 0.15) is 10.8 Å². The molecule has 2 aromatic carbocycles. The van der Waals surface area contributed by atoms with Crippen molar-refractivity contribution in [3.8, 4) is 11.1 Å². The average Bonchev–Trinajstić information content (AvgIpc) is 3.08. The van der Waals surface area contributed by atoms with Crippen LogP contribution in [0.4, 0.5) is 4.39 Å². The second-order valence-corrected chi connectivity index (χ2v) is 5.35. The highest BCUT2D eigenvalue weighted by Crippen LogP contribution is 2.25. The molecular formula is C16H12FN3O2S. The summed E-state index contributed by atoms with van der Waals surface area (Å²) in [5.41, 5.74) is 2.68. The quantitative estimate of drug-likeness (QED) is 0.743. The van der Waals surface area contributed by atoms with E-state index in [1.165, 1.54) is 6.07 Å². The van der Waals surface area contributed by atoms with Gasteiger partial charge < -0.3 is 0 Å². The Bertz CT molecular complexity index is 770. The Morgan fingerprint density at radius 2 is 1.78 bits per heavy atom. The van der Waals surface area contributed by atoms with Crippen LogP contribution in [-0.2, 0) is 15.3 Å². The molecule has 0 fully saturated rings. The first-order chi connectivity index (χ1) is 11.2. The van der Waals surface area contributed by atoms with Crippen molar-refractivity contribution in [2.24, 2.45) is 0 Å². The molecule has 23 heavy (non-hydrogen) atoms. The molecule has 1 heterocycles. The Hall–Kier alpha value is -2.76. The lowest BCUT2D eigenvalue weighted by Crippen LogP contribution is -1.85. The zero-order valence-corrected chi connectivity index (χ0v) is 12.7. The van der Waals surface area contributed by atoms with Gasteiger partial charge in [-0.05, 0) is 17.2 Å². The Morgan fingerprint density at radius 1 is 1.09 bits per heavy atom. The molecule has 7 heteroatoms. The van der Waals surface area contributed by atoms with E-state index in [4.69, 9.17) is 9.59 Å². The predicted molar refractivity (Wildman–Crippen MR) is 82.8 cm³/mol. The van der Waals surface area contributed by atoms with Crippen LogP contribution in [0.25, 0.3) is 11.1 Å². The van der Waals surface area contributed by atoms with Crippen LogP contribution in [0.1, 0.15) is 5.56 Å². The standard InChI is InChI=1S/C15H12FN3S.CO2/c16-14-4-2-1-3-13(14)12-7-5-11(6-8-12)10-20-15-9-17-19-18-15;2-1-3/h1-9H,10H2,(H,17,18,19);. The van der Waals surface area contributed by atoms with Gasteiger partial charge in [0.2, 0.25) is 0 Å². The molecule has 0 unspecified atom stereocenters. The van der Waals surface area contributed by atoms with Crippen LogP contribution in [0.15, 0.2) is 59.8 Å². The second kappa shape index (κ2) is 8.63. The van der Waals surface area contributed by atoms with E-state index in [2.05, 4.69) is 15.4 Å². The van der Waals surface area contributed by atoms with Crippen LogP contribution < -0.4 is 0 Å². The number of hydrogen-bond donors (Lipinski definition) is 1. The van der Waals surface area contributed by atoms with E-state index in [0.29, 0.717) is 5.56 Å². The molecule has 116 valence electrons. The Balaban J connectivity index is 0.000000595. The lowest BCUT2D eigenvalue weighted by atomic mass is 10.0. The molecule has 1 N–H and O–H groups in total. The molecule has 5 nitrogen and oxygen atoms in total. The third kappa shape index (κ3) is 4.88. The zero-order chi connectivity index (χ0) is 16.5. The van der Waals surface area contributed by atoms with Crippen molar-refractivity contribution >= 4 is 17.9 Å². The lowest BCUT2D eigenvalue weighted by Gasteiger charge is -2.05. The van der Waals surface area contributed by atoms with E-state index < -0.39 is 0 Å². The molecule has 3 rings (SSSR count). The molecule has 0 aliphatic heterocycles. The van der Waals surface area contributed by atoms with E-state index in [1.54, 1.807) is 30.1 Å². The Morgan fingerprint density at radius 3 is 2.39 bits per heavy atom. The van der Waals surface area contributed by atoms with Crippen molar-refractivity contribution in [3.05, 3.63) is 66.1 Å². The fourth-order valence-corrected chi connectivity index (χ4v) is 2.63. The normalized spacial score (nSPS) is 9.61. The number of thioether (sulfide) groups is 1. The highest BCUT2D eigenvalue weighted by Gasteiger charge is 2.04. The van der Waals surface area contributed by atoms with E-state index in [9.17, 15) is 4.39 Å². The van der Waals surface area contributed by atoms with E-state index in [1.807, 2.05) is 30.3 Å². The number of aromatic amines is 1. The number of halogens is 1. The third-order valence-electron chi connectivity index (χ3n) is 2.92. The van der Waals surface area contributed by atoms with E-state index >= 15 is 0 Å². The number of H-pyrrole nitrogens is 1. The lowest BCUT2D eigenvalue weighted by molar-refractivity contribution is -0.191. The van der Waals surface area contributed by atoms with Gasteiger partial charge in [-0.25, -0.2) is 4.39 Å². The van der Waals surface area contributed by atoms with Crippen molar-refractivity contribution in [1.29, 1.82) is 0 Å². The number of benzene rings is 2. The van der Waals surface area contributed by atoms with Crippen molar-refractivity contribution in [3.63, 3.8) is 0 Å². The number of nitrogens with zero attached hydrogens (tertiary/aromatic N) is 2. The van der Waals surface area contributed by atoms with Gasteiger partial charge in [0.15, 0.2) is 0 Å². The summed E-state index contributed by atoms with van der Waals surface area (Å²) < 4.78 is 13.7. The Labute approximate surface area is 135 Å². The summed E-state index contributed by atoms with van der Waals surface area (Å²) in [6, 6.07) is 14.7. The van der Waals surface area contributed by atoms with Crippen molar-refractivity contribution in [1.82, 2.24) is 15.4 Å². The molecule has 0 atom stereocenters. The molecule has 0 radical (unpaired) electrons. The molecule has 3 aromatic rings. The van der Waals surface area contributed by atoms with Gasteiger partial charge in [0, 0.05) is 11.3 Å². The summed E-state index contributed by atoms with van der Waals surface area (Å²) in [5, 5.41) is 11.2. The minimum atomic E-state index is -0.197. The molecule has 0 aliphatic rings. The fraction of sp³-hybridized carbons (Fsp3) is 0.0625. The van der Waals surface area contributed by atoms with Gasteiger partial charge in [-0.2, -0.15) is 19.9 Å². The number of nitrogens with one attached hydrogen (secondary N) is 1. The van der Waals surface area contributed by atoms with Crippen LogP contribution in [0.5, 0.6) is 0 Å². The highest BCUT2D eigenvalue weighted by atomic mass is 32.2. The SMILES string of the molecule is Fc1ccccc1-c1ccc(CSc2cn[nH]n2)cc1.O=C=O. The van der Waals surface area contributed by atoms with Gasteiger partial charge in [-0.1, -0.05) is 54.2 Å². The maximum absolute atomic E-state index is 13.7. The highest BCUT2D eigenvalue weighted by molar-refractivity contribution is 7.98. The van der Waals surface area contributed by atoms with Crippen LogP contribution in [0.3, 0.4) is 0 Å². The zero-order valence-electron chi connectivity index (χ0n) is 11.9. The summed E-state index contributed by atoms with van der Waals surface area (Å²) in [6.07, 6.45) is 1.94. The smallest absolute Gasteiger partial charge is 0.206 e. The topological polar surface area (TPSA) is 75.7 Å². The number of rotatable bonds is 4. The summed E-state index contributed by atoms with van der Waals surface area (Å²) in [6.45, 7) is 0. The number of carbonyl (C=O) groups excluding carboxylic acids is 2. The molecule has 0 spiro atoms. The molecule has 0 saturated heterocycles. The minimum Gasteiger partial charge on any atom is -0.206 e. The molecule has 0 aliphatic carbocycles. The van der Waals surface area contributed by atoms with Crippen molar-refractivity contribution < 1.29 is 14.0 Å². The maximum Gasteiger partial charge on any atom is 0.373 e. The van der Waals surface area contributed by atoms with E-state index in [-0.39, 0.29) is 12.0 Å². The predicted octanol–water partition coefficient (Wildman–Crippen LogP) is 3.32. The molecule has 0 amide bonds. The fourth-order valence-electron chi connectivity index (χ4n) is 1.89. The number of hydrogen-bond acceptors (Lipinski definition) is 5. The van der Waals surface area contributed by atoms with Crippen LogP contribution >= 0.6 is 11.8 Å². The average molecular weight is 329 g/mol. The van der Waals surface area contributed by atoms with Crippen molar-refractivity contribution in [2.75, 3.05) is 0 Å². The summed E-state index contributed by atoms with van der Waals surface area (Å²) in [4.78, 5) is 16.2. The summed E-state index contributed by atoms with van der Waals surface area (Å²) in [7, 11) is 0. The van der Waals surface area contributed by atoms with Gasteiger partial charge in [-0.15, -0.1) is 5.10 Å². The minimum absolute atomic E-state index is 0.197. The monoisotopic (exact) mass is 329 g/mol. The number of aromatic nitrogens is 3. The van der Waals surface area contributed by atoms with Crippen LogP contribution in [0.2, 0.25) is 0 Å². The molecule has 0 saturated carbocycles. The van der Waals surface area contributed by atoms with Gasteiger partial charge in [-0.3, -0.25) is 0 Å². The van der Waals surface area contributed by atoms with Gasteiger partial charge >= 0.3 is 6.15 Å². The van der Waals surface area contributed by atoms with Gasteiger partial charge in [0.25, 0.3) is 0 Å². The molecule has 0 bridgehead atoms. The Kier molecular flexibility index (Phi) is 6.23. The summed E-state index contributed by atoms with van der Waals surface area (Å²) >= 11 is 1.61. The van der Waals surface area contributed by atoms with Crippen LogP contribution in [-0.4, -0.2) is 21.6 Å². The van der Waals surface area contributed by atoms with Crippen LogP contribution in [0, 0.1) is 5.82 Å². The first kappa shape index (κ1) is 16.6. The largest absolute Gasteiger partial charge is 0.373 e. The summed E-state index contributed by atoms with van der Waals surface area (Å²) in [5.74, 6) is 0.613. The molecule has 1 aromatic heterocycles. The molecular weight excluding hydrogens is 317 g/mol. The van der Waals surface area contributed by atoms with E-state index in [0.717, 1.165) is 21.9 Å². The van der Waals surface area contributed by atoms with Gasteiger partial charge in [0.05, 0.1) is 6.20 Å². The first-order valence-electron chi connectivity index (χ1n) is 6.56. The maximum atomic E-state index is 13.7. The third-order valence-corrected chi connectivity index (χ3v) is 3.89.